The van der Waals surface area contributed by atoms with Gasteiger partial charge in [-0.05, 0) is 37.5 Å². The smallest absolute Gasteiger partial charge is 0.243 e. The van der Waals surface area contributed by atoms with E-state index in [0.717, 1.165) is 24.5 Å². The Balaban J connectivity index is 0.00000225. The molecule has 0 spiro atoms. The number of benzene rings is 1. The number of aromatic nitrogens is 3. The second-order valence-corrected chi connectivity index (χ2v) is 7.15. The van der Waals surface area contributed by atoms with E-state index in [-0.39, 0.29) is 34.0 Å². The largest absolute Gasteiger partial charge is 1.00 e. The molecule has 0 N–H and O–H groups in total. The Morgan fingerprint density at radius 3 is 2.40 bits per heavy atom. The van der Waals surface area contributed by atoms with E-state index in [1.807, 2.05) is 36.5 Å². The van der Waals surface area contributed by atoms with Gasteiger partial charge in [0.1, 0.15) is 25.2 Å². The number of pyridine rings is 1. The molecule has 0 unspecified atom stereocenters. The van der Waals surface area contributed by atoms with E-state index in [1.54, 1.807) is 0 Å². The molecule has 0 amide bonds. The van der Waals surface area contributed by atoms with Gasteiger partial charge in [-0.3, -0.25) is 5.01 Å². The lowest BCUT2D eigenvalue weighted by atomic mass is 10.2. The van der Waals surface area contributed by atoms with E-state index < -0.39 is 0 Å². The van der Waals surface area contributed by atoms with Gasteiger partial charge in [-0.25, -0.2) is 9.13 Å². The van der Waals surface area contributed by atoms with Gasteiger partial charge in [0.05, 0.1) is 19.3 Å². The average molecular weight is 537 g/mol. The summed E-state index contributed by atoms with van der Waals surface area (Å²) in [6.07, 6.45) is 15.4. The Bertz CT molecular complexity index is 880. The third kappa shape index (κ3) is 8.40. The number of imidazole rings is 1. The molecule has 30 heavy (non-hydrogen) atoms. The molecule has 0 fully saturated rings. The first-order valence-corrected chi connectivity index (χ1v) is 10.0. The summed E-state index contributed by atoms with van der Waals surface area (Å²) in [4.78, 5) is 0. The number of nitrogens with zero attached hydrogens (tertiary/aromatic N) is 5. The molecular weight excluding hydrogens is 506 g/mol. The maximum atomic E-state index is 4.60. The van der Waals surface area contributed by atoms with E-state index in [1.165, 1.54) is 25.7 Å². The van der Waals surface area contributed by atoms with Crippen molar-refractivity contribution in [2.75, 3.05) is 12.1 Å². The van der Waals surface area contributed by atoms with Crippen LogP contribution in [0.3, 0.4) is 0 Å². The van der Waals surface area contributed by atoms with Crippen LogP contribution in [-0.2, 0) is 20.1 Å². The third-order valence-corrected chi connectivity index (χ3v) is 4.86. The monoisotopic (exact) mass is 535 g/mol. The first kappa shape index (κ1) is 26.0. The van der Waals surface area contributed by atoms with Crippen LogP contribution in [0.25, 0.3) is 0 Å². The summed E-state index contributed by atoms with van der Waals surface area (Å²) in [5, 5.41) is 6.50. The minimum absolute atomic E-state index is 0. The number of hydrogen-bond donors (Lipinski definition) is 0. The van der Waals surface area contributed by atoms with Crippen LogP contribution in [0.4, 0.5) is 5.69 Å². The summed E-state index contributed by atoms with van der Waals surface area (Å²) in [5.74, 6) is 0. The molecule has 0 atom stereocenters. The van der Waals surface area contributed by atoms with Crippen LogP contribution in [0, 0.1) is 0 Å². The summed E-state index contributed by atoms with van der Waals surface area (Å²) in [5.41, 5.74) is 2.21. The molecule has 3 aromatic rings. The Morgan fingerprint density at radius 2 is 1.67 bits per heavy atom. The van der Waals surface area contributed by atoms with E-state index in [4.69, 9.17) is 0 Å². The second kappa shape index (κ2) is 14.1. The van der Waals surface area contributed by atoms with E-state index >= 15 is 0 Å². The number of halogens is 2. The van der Waals surface area contributed by atoms with Crippen LogP contribution in [0.5, 0.6) is 0 Å². The summed E-state index contributed by atoms with van der Waals surface area (Å²) >= 11 is 0. The minimum Gasteiger partial charge on any atom is -1.00 e. The van der Waals surface area contributed by atoms with Gasteiger partial charge in [0.25, 0.3) is 0 Å². The summed E-state index contributed by atoms with van der Waals surface area (Å²) in [6.45, 7) is 2.12. The van der Waals surface area contributed by atoms with Crippen molar-refractivity contribution in [1.29, 1.82) is 0 Å². The molecule has 0 saturated carbocycles. The lowest BCUT2D eigenvalue weighted by Gasteiger charge is -2.11. The fourth-order valence-corrected chi connectivity index (χ4v) is 3.23. The molecule has 3 rings (SSSR count). The summed E-state index contributed by atoms with van der Waals surface area (Å²) in [7, 11) is 4.04. The zero-order valence-electron chi connectivity index (χ0n) is 17.7. The average Bonchev–Trinajstić information content (AvgIpc) is 3.15. The van der Waals surface area contributed by atoms with Gasteiger partial charge in [0.15, 0.2) is 6.20 Å². The number of hydrogen-bond acceptors (Lipinski definition) is 2. The van der Waals surface area contributed by atoms with E-state index in [9.17, 15) is 0 Å². The lowest BCUT2D eigenvalue weighted by Crippen LogP contribution is -3.00. The predicted molar refractivity (Wildman–Crippen MR) is 113 cm³/mol. The van der Waals surface area contributed by atoms with Crippen molar-refractivity contribution in [3.05, 3.63) is 79.1 Å². The van der Waals surface area contributed by atoms with Gasteiger partial charge in [0, 0.05) is 25.6 Å². The Morgan fingerprint density at radius 1 is 0.933 bits per heavy atom. The van der Waals surface area contributed by atoms with Gasteiger partial charge in [-0.1, -0.05) is 18.2 Å². The molecule has 0 radical (unpaired) electrons. The number of para-hydroxylation sites is 1. The van der Waals surface area contributed by atoms with Crippen molar-refractivity contribution in [1.82, 2.24) is 4.57 Å². The topological polar surface area (TPSA) is 28.3 Å². The highest BCUT2D eigenvalue weighted by Gasteiger charge is 2.08. The van der Waals surface area contributed by atoms with Crippen molar-refractivity contribution in [2.24, 2.45) is 12.1 Å². The van der Waals surface area contributed by atoms with Gasteiger partial charge in [-0.2, -0.15) is 9.67 Å². The molecule has 2 aromatic heterocycles. The van der Waals surface area contributed by atoms with E-state index in [2.05, 4.69) is 81.1 Å². The van der Waals surface area contributed by atoms with Crippen LogP contribution in [0.15, 0.2) is 78.6 Å². The van der Waals surface area contributed by atoms with E-state index in [0.29, 0.717) is 0 Å². The molecule has 1 aromatic carbocycles. The number of aryl methyl sites for hydroxylation is 3. The quantitative estimate of drug-likeness (QED) is 0.120. The summed E-state index contributed by atoms with van der Waals surface area (Å²) < 4.78 is 6.63. The lowest BCUT2D eigenvalue weighted by molar-refractivity contribution is -0.698. The van der Waals surface area contributed by atoms with Crippen molar-refractivity contribution in [3.63, 3.8) is 0 Å². The second-order valence-electron chi connectivity index (χ2n) is 7.15. The molecule has 7 heteroatoms. The Kier molecular flexibility index (Phi) is 12.2. The van der Waals surface area contributed by atoms with Gasteiger partial charge >= 0.3 is 0 Å². The first-order chi connectivity index (χ1) is 13.7. The summed E-state index contributed by atoms with van der Waals surface area (Å²) in [6, 6.07) is 16.5. The third-order valence-electron chi connectivity index (χ3n) is 4.86. The highest BCUT2D eigenvalue weighted by Crippen LogP contribution is 2.10. The molecule has 0 bridgehead atoms. The number of unbranched alkanes of at least 4 members (excludes halogenated alkanes) is 3. The molecule has 162 valence electrons. The van der Waals surface area contributed by atoms with Gasteiger partial charge < -0.3 is 34.0 Å². The maximum absolute atomic E-state index is 4.60. The molecule has 0 aliphatic carbocycles. The fraction of sp³-hybridized carbons (Fsp3) is 0.348. The molecule has 5 nitrogen and oxygen atoms in total. The first-order valence-electron chi connectivity index (χ1n) is 10.0. The predicted octanol–water partition coefficient (Wildman–Crippen LogP) is -2.66. The Hall–Kier alpha value is -1.99. The zero-order chi connectivity index (χ0) is 19.6. The SMILES string of the molecule is CN(N=Cc1cccc[n+]1CCCCCCn1cc[n+](C)c1)c1ccccc1.[Br-].[Br-]. The molecular formula is C23H31Br2N5. The maximum Gasteiger partial charge on any atom is 0.243 e. The van der Waals surface area contributed by atoms with Crippen LogP contribution in [0.1, 0.15) is 31.4 Å². The normalized spacial score (nSPS) is 10.5. The van der Waals surface area contributed by atoms with Crippen molar-refractivity contribution in [3.8, 4) is 0 Å². The van der Waals surface area contributed by atoms with Crippen LogP contribution in [-0.4, -0.2) is 17.8 Å². The highest BCUT2D eigenvalue weighted by molar-refractivity contribution is 5.75. The molecule has 0 aliphatic rings. The van der Waals surface area contributed by atoms with Crippen LogP contribution in [0.2, 0.25) is 0 Å². The molecule has 0 aliphatic heterocycles. The van der Waals surface area contributed by atoms with Gasteiger partial charge in [-0.15, -0.1) is 0 Å². The number of rotatable bonds is 10. The zero-order valence-corrected chi connectivity index (χ0v) is 20.9. The fourth-order valence-electron chi connectivity index (χ4n) is 3.23. The van der Waals surface area contributed by atoms with Crippen molar-refractivity contribution in [2.45, 2.75) is 38.8 Å². The van der Waals surface area contributed by atoms with Crippen molar-refractivity contribution < 1.29 is 43.1 Å². The number of hydrazone groups is 1. The minimum atomic E-state index is 0. The van der Waals surface area contributed by atoms with Crippen LogP contribution >= 0.6 is 0 Å². The van der Waals surface area contributed by atoms with Gasteiger partial charge in [0.2, 0.25) is 12.0 Å². The number of anilines is 1. The van der Waals surface area contributed by atoms with Crippen molar-refractivity contribution >= 4 is 11.9 Å². The highest BCUT2D eigenvalue weighted by atomic mass is 79.9. The Labute approximate surface area is 201 Å². The standard InChI is InChI=1S/C23H31N5.2BrH/c1-25-18-19-27(21-25)15-9-3-4-10-16-28-17-11-8-14-23(28)20-24-26(2)22-12-6-5-7-13-22;;/h5-8,11-14,17-21H,3-4,9-10,15-16H2,1-2H3;2*1H/q+2;;/p-2. The molecule has 2 heterocycles. The van der Waals surface area contributed by atoms with Crippen LogP contribution < -0.4 is 48.1 Å². The molecule has 0 saturated heterocycles.